The zero-order valence-corrected chi connectivity index (χ0v) is 13.4. The Labute approximate surface area is 138 Å². The van der Waals surface area contributed by atoms with Gasteiger partial charge in [-0.2, -0.15) is 5.10 Å². The number of hydrogen-bond donors (Lipinski definition) is 2. The molecule has 24 heavy (non-hydrogen) atoms. The number of aromatic nitrogens is 2. The fourth-order valence-electron chi connectivity index (χ4n) is 5.44. The fraction of sp³-hybridized carbons (Fsp3) is 0.500. The molecule has 4 aliphatic carbocycles. The number of rotatable bonds is 4. The maximum atomic E-state index is 12.7. The third kappa shape index (κ3) is 1.53. The Balaban J connectivity index is 1.42. The standard InChI is InChI=1S/C18H19N3O3/c1-2-21-8-10-4-3-9(7-14(10)20-21)16(22)19-15-11-5-12-13(6-11)18(12,15)17(23)24/h3-4,7-8,11-13,15H,2,5-6H2,1H3,(H,19,22)(H,23,24). The average molecular weight is 325 g/mol. The fourth-order valence-corrected chi connectivity index (χ4v) is 5.44. The summed E-state index contributed by atoms with van der Waals surface area (Å²) in [5, 5.41) is 18.1. The molecule has 3 atom stereocenters. The van der Waals surface area contributed by atoms with E-state index in [-0.39, 0.29) is 23.8 Å². The van der Waals surface area contributed by atoms with Crippen LogP contribution in [0.25, 0.3) is 10.9 Å². The molecule has 0 saturated heterocycles. The van der Waals surface area contributed by atoms with Crippen LogP contribution in [0.4, 0.5) is 0 Å². The first-order valence-electron chi connectivity index (χ1n) is 8.57. The molecule has 6 heteroatoms. The molecule has 2 N–H and O–H groups in total. The van der Waals surface area contributed by atoms with Gasteiger partial charge in [0.1, 0.15) is 0 Å². The number of amides is 1. The smallest absolute Gasteiger partial charge is 0.312 e. The first-order valence-corrected chi connectivity index (χ1v) is 8.57. The highest BCUT2D eigenvalue weighted by Gasteiger charge is 2.83. The minimum absolute atomic E-state index is 0.188. The van der Waals surface area contributed by atoms with Crippen molar-refractivity contribution in [3.8, 4) is 0 Å². The van der Waals surface area contributed by atoms with Crippen molar-refractivity contribution in [3.05, 3.63) is 30.0 Å². The van der Waals surface area contributed by atoms with Gasteiger partial charge in [0.05, 0.1) is 10.9 Å². The van der Waals surface area contributed by atoms with E-state index in [1.54, 1.807) is 12.1 Å². The molecule has 1 heterocycles. The summed E-state index contributed by atoms with van der Waals surface area (Å²) < 4.78 is 1.84. The molecule has 6 rings (SSSR count). The Hall–Kier alpha value is -2.37. The highest BCUT2D eigenvalue weighted by atomic mass is 16.4. The normalized spacial score (nSPS) is 35.4. The molecule has 3 unspecified atom stereocenters. The van der Waals surface area contributed by atoms with Gasteiger partial charge in [0.2, 0.25) is 0 Å². The Morgan fingerprint density at radius 2 is 2.12 bits per heavy atom. The number of nitrogens with one attached hydrogen (secondary N) is 1. The van der Waals surface area contributed by atoms with Crippen LogP contribution in [0.1, 0.15) is 30.1 Å². The van der Waals surface area contributed by atoms with Crippen molar-refractivity contribution in [2.24, 2.45) is 23.2 Å². The van der Waals surface area contributed by atoms with Crippen LogP contribution in [0.2, 0.25) is 0 Å². The van der Waals surface area contributed by atoms with Crippen molar-refractivity contribution in [2.45, 2.75) is 32.4 Å². The van der Waals surface area contributed by atoms with Crippen molar-refractivity contribution < 1.29 is 14.7 Å². The summed E-state index contributed by atoms with van der Waals surface area (Å²) in [5.41, 5.74) is 0.650. The van der Waals surface area contributed by atoms with Crippen LogP contribution < -0.4 is 5.32 Å². The zero-order chi connectivity index (χ0) is 16.6. The molecule has 4 bridgehead atoms. The molecule has 0 aliphatic heterocycles. The largest absolute Gasteiger partial charge is 0.481 e. The number of aliphatic carboxylic acids is 1. The van der Waals surface area contributed by atoms with Crippen molar-refractivity contribution in [3.63, 3.8) is 0 Å². The van der Waals surface area contributed by atoms with Gasteiger partial charge in [0, 0.05) is 29.7 Å². The van der Waals surface area contributed by atoms with E-state index >= 15 is 0 Å². The summed E-state index contributed by atoms with van der Waals surface area (Å²) in [5.74, 6) is -0.0594. The molecule has 4 saturated carbocycles. The van der Waals surface area contributed by atoms with E-state index in [0.29, 0.717) is 11.5 Å². The maximum absolute atomic E-state index is 12.7. The third-order valence-corrected chi connectivity index (χ3v) is 6.50. The summed E-state index contributed by atoms with van der Waals surface area (Å²) in [6.07, 6.45) is 3.85. The average Bonchev–Trinajstić information content (AvgIpc) is 3.05. The SMILES string of the molecule is CCn1cc2ccc(C(=O)NC3C4CC5C(C4)C53C(=O)O)cc2n1. The van der Waals surface area contributed by atoms with Gasteiger partial charge < -0.3 is 10.4 Å². The lowest BCUT2D eigenvalue weighted by molar-refractivity contribution is -0.144. The molecule has 2 aromatic rings. The third-order valence-electron chi connectivity index (χ3n) is 6.50. The van der Waals surface area contributed by atoms with Crippen LogP contribution in [0.3, 0.4) is 0 Å². The summed E-state index contributed by atoms with van der Waals surface area (Å²) >= 11 is 0. The number of carboxylic acids is 1. The number of carbonyl (C=O) groups is 2. The van der Waals surface area contributed by atoms with E-state index in [0.717, 1.165) is 30.3 Å². The lowest BCUT2D eigenvalue weighted by Crippen LogP contribution is -2.44. The van der Waals surface area contributed by atoms with Crippen LogP contribution in [-0.2, 0) is 11.3 Å². The van der Waals surface area contributed by atoms with E-state index in [2.05, 4.69) is 10.4 Å². The number of carboxylic acid groups (broad SMARTS) is 1. The van der Waals surface area contributed by atoms with Gasteiger partial charge in [-0.25, -0.2) is 0 Å². The number of hydrogen-bond acceptors (Lipinski definition) is 3. The molecular formula is C18H19N3O3. The molecule has 1 amide bonds. The maximum Gasteiger partial charge on any atom is 0.312 e. The van der Waals surface area contributed by atoms with Gasteiger partial charge in [-0.05, 0) is 49.7 Å². The van der Waals surface area contributed by atoms with Crippen molar-refractivity contribution in [2.75, 3.05) is 0 Å². The molecule has 1 aromatic carbocycles. The van der Waals surface area contributed by atoms with E-state index < -0.39 is 11.4 Å². The Bertz CT molecular complexity index is 875. The van der Waals surface area contributed by atoms with E-state index in [9.17, 15) is 14.7 Å². The second kappa shape index (κ2) is 4.37. The molecule has 1 aromatic heterocycles. The molecule has 0 spiro atoms. The lowest BCUT2D eigenvalue weighted by Gasteiger charge is -2.22. The summed E-state index contributed by atoms with van der Waals surface area (Å²) in [6, 6.07) is 5.25. The van der Waals surface area contributed by atoms with E-state index in [4.69, 9.17) is 0 Å². The van der Waals surface area contributed by atoms with Crippen molar-refractivity contribution in [1.29, 1.82) is 0 Å². The highest BCUT2D eigenvalue weighted by molar-refractivity contribution is 5.98. The predicted octanol–water partition coefficient (Wildman–Crippen LogP) is 1.90. The summed E-state index contributed by atoms with van der Waals surface area (Å²) in [7, 11) is 0. The Kier molecular flexibility index (Phi) is 2.55. The number of aryl methyl sites for hydroxylation is 1. The van der Waals surface area contributed by atoms with E-state index in [1.807, 2.05) is 23.9 Å². The van der Waals surface area contributed by atoms with Gasteiger partial charge in [0.15, 0.2) is 0 Å². The monoisotopic (exact) mass is 325 g/mol. The topological polar surface area (TPSA) is 84.2 Å². The van der Waals surface area contributed by atoms with Crippen LogP contribution in [0.5, 0.6) is 0 Å². The van der Waals surface area contributed by atoms with Crippen molar-refractivity contribution >= 4 is 22.8 Å². The predicted molar refractivity (Wildman–Crippen MR) is 86.4 cm³/mol. The molecule has 0 radical (unpaired) electrons. The zero-order valence-electron chi connectivity index (χ0n) is 13.4. The first-order chi connectivity index (χ1) is 11.6. The summed E-state index contributed by atoms with van der Waals surface area (Å²) in [4.78, 5) is 24.5. The number of carbonyl (C=O) groups excluding carboxylic acids is 1. The van der Waals surface area contributed by atoms with E-state index in [1.165, 1.54) is 0 Å². The van der Waals surface area contributed by atoms with Gasteiger partial charge in [0.25, 0.3) is 5.91 Å². The molecule has 4 aliphatic rings. The first kappa shape index (κ1) is 14.0. The van der Waals surface area contributed by atoms with Gasteiger partial charge >= 0.3 is 5.97 Å². The van der Waals surface area contributed by atoms with Gasteiger partial charge in [-0.1, -0.05) is 6.07 Å². The molecular weight excluding hydrogens is 306 g/mol. The minimum atomic E-state index is -0.736. The Morgan fingerprint density at radius 1 is 1.38 bits per heavy atom. The van der Waals surface area contributed by atoms with Crippen molar-refractivity contribution in [1.82, 2.24) is 15.1 Å². The molecule has 4 fully saturated rings. The second-order valence-corrected chi connectivity index (χ2v) is 7.39. The number of benzene rings is 1. The highest BCUT2D eigenvalue weighted by Crippen LogP contribution is 2.79. The number of nitrogens with zero attached hydrogens (tertiary/aromatic N) is 2. The lowest BCUT2D eigenvalue weighted by atomic mass is 9.97. The number of fused-ring (bicyclic) bond motifs is 1. The molecule has 124 valence electrons. The van der Waals surface area contributed by atoms with Crippen LogP contribution in [0, 0.1) is 23.2 Å². The van der Waals surface area contributed by atoms with Crippen LogP contribution >= 0.6 is 0 Å². The quantitative estimate of drug-likeness (QED) is 0.899. The van der Waals surface area contributed by atoms with Gasteiger partial charge in [-0.3, -0.25) is 14.3 Å². The van der Waals surface area contributed by atoms with Crippen LogP contribution in [-0.4, -0.2) is 32.8 Å². The second-order valence-electron chi connectivity index (χ2n) is 7.39. The Morgan fingerprint density at radius 3 is 2.79 bits per heavy atom. The molecule has 6 nitrogen and oxygen atoms in total. The minimum Gasteiger partial charge on any atom is -0.481 e. The van der Waals surface area contributed by atoms with Crippen LogP contribution in [0.15, 0.2) is 24.4 Å². The summed E-state index contributed by atoms with van der Waals surface area (Å²) in [6.45, 7) is 2.80. The van der Waals surface area contributed by atoms with Gasteiger partial charge in [-0.15, -0.1) is 0 Å².